The van der Waals surface area contributed by atoms with Gasteiger partial charge in [-0.2, -0.15) is 0 Å². The van der Waals surface area contributed by atoms with Crippen molar-refractivity contribution < 1.29 is 13.2 Å². The van der Waals surface area contributed by atoms with Gasteiger partial charge in [-0.05, 0) is 49.4 Å². The van der Waals surface area contributed by atoms with Crippen LogP contribution in [0, 0.1) is 22.7 Å². The van der Waals surface area contributed by atoms with Gasteiger partial charge >= 0.3 is 0 Å². The molecule has 3 aliphatic carbocycles. The monoisotopic (exact) mass is 354 g/mol. The van der Waals surface area contributed by atoms with Crippen LogP contribution in [-0.2, 0) is 14.8 Å². The minimum atomic E-state index is -3.54. The van der Waals surface area contributed by atoms with E-state index in [1.54, 1.807) is 0 Å². The van der Waals surface area contributed by atoms with Crippen LogP contribution in [0.5, 0.6) is 0 Å². The molecule has 2 bridgehead atoms. The molecule has 1 spiro atoms. The number of carbonyl (C=O) groups excluding carboxylic acids is 1. The van der Waals surface area contributed by atoms with Crippen LogP contribution in [0.25, 0.3) is 0 Å². The minimum absolute atomic E-state index is 0.00526. The first-order chi connectivity index (χ1) is 11.2. The Morgan fingerprint density at radius 3 is 2.46 bits per heavy atom. The first-order valence-corrected chi connectivity index (χ1v) is 11.1. The van der Waals surface area contributed by atoms with Crippen LogP contribution in [-0.4, -0.2) is 36.5 Å². The summed E-state index contributed by atoms with van der Waals surface area (Å²) in [4.78, 5) is 13.1. The van der Waals surface area contributed by atoms with E-state index in [0.717, 1.165) is 44.9 Å². The van der Waals surface area contributed by atoms with Crippen molar-refractivity contribution in [1.82, 2.24) is 4.31 Å². The zero-order valence-electron chi connectivity index (χ0n) is 14.8. The molecule has 4 rings (SSSR count). The van der Waals surface area contributed by atoms with Gasteiger partial charge in [-0.25, -0.2) is 12.7 Å². The molecular weight excluding hydrogens is 324 g/mol. The molecule has 2 N–H and O–H groups in total. The lowest BCUT2D eigenvalue weighted by Gasteiger charge is -2.38. The van der Waals surface area contributed by atoms with Gasteiger partial charge in [0.2, 0.25) is 10.0 Å². The topological polar surface area (TPSA) is 80.5 Å². The maximum Gasteiger partial charge on any atom is 0.253 e. The number of hydrogen-bond donors (Lipinski definition) is 1. The van der Waals surface area contributed by atoms with E-state index in [2.05, 4.69) is 13.8 Å². The second-order valence-corrected chi connectivity index (χ2v) is 11.0. The molecule has 1 amide bonds. The van der Waals surface area contributed by atoms with Crippen molar-refractivity contribution in [1.29, 1.82) is 0 Å². The second kappa shape index (κ2) is 5.19. The fraction of sp³-hybridized carbons (Fsp3) is 0.944. The number of amides is 1. The number of hydrogen-bond acceptors (Lipinski definition) is 4. The predicted molar refractivity (Wildman–Crippen MR) is 92.5 cm³/mol. The van der Waals surface area contributed by atoms with Crippen LogP contribution in [0.3, 0.4) is 0 Å². The molecule has 0 unspecified atom stereocenters. The first-order valence-electron chi connectivity index (χ1n) is 9.52. The summed E-state index contributed by atoms with van der Waals surface area (Å²) >= 11 is 0. The van der Waals surface area contributed by atoms with Crippen LogP contribution >= 0.6 is 0 Å². The Hall–Kier alpha value is -0.620. The highest BCUT2D eigenvalue weighted by molar-refractivity contribution is 7.90. The smallest absolute Gasteiger partial charge is 0.253 e. The molecule has 6 heteroatoms. The number of nitrogens with two attached hydrogens (primary N) is 1. The molecule has 4 fully saturated rings. The fourth-order valence-electron chi connectivity index (χ4n) is 6.42. The highest BCUT2D eigenvalue weighted by Gasteiger charge is 2.72. The molecule has 1 aliphatic heterocycles. The number of carbonyl (C=O) groups is 1. The van der Waals surface area contributed by atoms with Gasteiger partial charge in [-0.15, -0.1) is 0 Å². The van der Waals surface area contributed by atoms with Crippen molar-refractivity contribution in [2.45, 2.75) is 77.3 Å². The molecule has 1 heterocycles. The molecule has 4 atom stereocenters. The van der Waals surface area contributed by atoms with E-state index in [-0.39, 0.29) is 34.4 Å². The SMILES string of the molecule is CC1(C)[C@H]2CC[C@@]13CS(=O)(=O)N(C(=O)[C@H](N)C1CCCCC1)[C@H]3C2. The largest absolute Gasteiger partial charge is 0.320 e. The summed E-state index contributed by atoms with van der Waals surface area (Å²) in [6.45, 7) is 4.41. The molecule has 5 nitrogen and oxygen atoms in total. The van der Waals surface area contributed by atoms with Crippen LogP contribution in [0.15, 0.2) is 0 Å². The molecule has 4 aliphatic rings. The number of nitrogens with zero attached hydrogens (tertiary/aromatic N) is 1. The maximum absolute atomic E-state index is 13.1. The number of rotatable bonds is 2. The lowest BCUT2D eigenvalue weighted by molar-refractivity contribution is -0.131. The Bertz CT molecular complexity index is 653. The highest BCUT2D eigenvalue weighted by atomic mass is 32.2. The van der Waals surface area contributed by atoms with Gasteiger partial charge in [0.1, 0.15) is 0 Å². The zero-order chi connectivity index (χ0) is 17.3. The normalized spacial score (nSPS) is 41.4. The highest BCUT2D eigenvalue weighted by Crippen LogP contribution is 2.70. The Labute approximate surface area is 145 Å². The maximum atomic E-state index is 13.1. The van der Waals surface area contributed by atoms with E-state index in [0.29, 0.717) is 5.92 Å². The first kappa shape index (κ1) is 16.8. The van der Waals surface area contributed by atoms with Crippen LogP contribution in [0.2, 0.25) is 0 Å². The number of sulfonamides is 1. The molecule has 1 saturated heterocycles. The second-order valence-electron chi connectivity index (χ2n) is 9.18. The van der Waals surface area contributed by atoms with Crippen molar-refractivity contribution in [3.05, 3.63) is 0 Å². The third-order valence-electron chi connectivity index (χ3n) is 8.07. The van der Waals surface area contributed by atoms with Gasteiger partial charge < -0.3 is 5.73 Å². The fourth-order valence-corrected chi connectivity index (χ4v) is 8.99. The van der Waals surface area contributed by atoms with Crippen molar-refractivity contribution in [3.8, 4) is 0 Å². The van der Waals surface area contributed by atoms with Gasteiger partial charge in [0, 0.05) is 5.41 Å². The van der Waals surface area contributed by atoms with Gasteiger partial charge in [-0.1, -0.05) is 33.1 Å². The Kier molecular flexibility index (Phi) is 3.64. The summed E-state index contributed by atoms with van der Waals surface area (Å²) in [5, 5.41) is 0. The Morgan fingerprint density at radius 2 is 1.83 bits per heavy atom. The Balaban J connectivity index is 1.64. The van der Waals surface area contributed by atoms with E-state index in [4.69, 9.17) is 5.73 Å². The molecule has 136 valence electrons. The standard InChI is InChI=1S/C18H30N2O3S/c1-17(2)13-8-9-18(17)11-24(22,23)20(14(18)10-13)16(21)15(19)12-6-4-3-5-7-12/h12-15H,3-11,19H2,1-2H3/t13-,14-,15+,18-/m0/s1. The molecular formula is C18H30N2O3S. The molecule has 3 saturated carbocycles. The third kappa shape index (κ3) is 2.02. The summed E-state index contributed by atoms with van der Waals surface area (Å²) in [6, 6.07) is -0.809. The summed E-state index contributed by atoms with van der Waals surface area (Å²) in [6.07, 6.45) is 8.14. The van der Waals surface area contributed by atoms with Gasteiger partial charge in [0.15, 0.2) is 0 Å². The molecule has 0 aromatic heterocycles. The lowest BCUT2D eigenvalue weighted by atomic mass is 9.69. The van der Waals surface area contributed by atoms with Gasteiger partial charge in [-0.3, -0.25) is 4.79 Å². The zero-order valence-corrected chi connectivity index (χ0v) is 15.6. The van der Waals surface area contributed by atoms with Crippen LogP contribution in [0.1, 0.15) is 65.2 Å². The van der Waals surface area contributed by atoms with E-state index in [1.807, 2.05) is 0 Å². The molecule has 24 heavy (non-hydrogen) atoms. The average molecular weight is 355 g/mol. The van der Waals surface area contributed by atoms with Crippen molar-refractivity contribution >= 4 is 15.9 Å². The van der Waals surface area contributed by atoms with E-state index in [9.17, 15) is 13.2 Å². The summed E-state index contributed by atoms with van der Waals surface area (Å²) in [5.41, 5.74) is 6.03. The minimum Gasteiger partial charge on any atom is -0.320 e. The van der Waals surface area contributed by atoms with E-state index in [1.165, 1.54) is 10.7 Å². The quantitative estimate of drug-likeness (QED) is 0.825. The molecule has 0 aromatic rings. The average Bonchev–Trinajstić information content (AvgIpc) is 3.01. The lowest BCUT2D eigenvalue weighted by Crippen LogP contribution is -2.52. The van der Waals surface area contributed by atoms with Crippen LogP contribution in [0.4, 0.5) is 0 Å². The summed E-state index contributed by atoms with van der Waals surface area (Å²) in [5.74, 6) is 0.480. The predicted octanol–water partition coefficient (Wildman–Crippen LogP) is 2.26. The van der Waals surface area contributed by atoms with Gasteiger partial charge in [0.25, 0.3) is 5.91 Å². The van der Waals surface area contributed by atoms with E-state index >= 15 is 0 Å². The van der Waals surface area contributed by atoms with Gasteiger partial charge in [0.05, 0.1) is 17.8 Å². The van der Waals surface area contributed by atoms with Crippen molar-refractivity contribution in [3.63, 3.8) is 0 Å². The van der Waals surface area contributed by atoms with Crippen LogP contribution < -0.4 is 5.73 Å². The molecule has 0 radical (unpaired) electrons. The van der Waals surface area contributed by atoms with Crippen molar-refractivity contribution in [2.24, 2.45) is 28.4 Å². The van der Waals surface area contributed by atoms with E-state index < -0.39 is 16.1 Å². The summed E-state index contributed by atoms with van der Waals surface area (Å²) < 4.78 is 27.1. The molecule has 0 aromatic carbocycles. The Morgan fingerprint density at radius 1 is 1.17 bits per heavy atom. The van der Waals surface area contributed by atoms with Crippen molar-refractivity contribution in [2.75, 3.05) is 5.75 Å². The number of fused-ring (bicyclic) bond motifs is 1. The third-order valence-corrected chi connectivity index (χ3v) is 9.98. The summed E-state index contributed by atoms with van der Waals surface area (Å²) in [7, 11) is -3.54.